The number of hydrogen-bond donors (Lipinski definition) is 3. The van der Waals surface area contributed by atoms with Gasteiger partial charge in [-0.2, -0.15) is 9.97 Å². The standard InChI is InChI=1S/C7H14N6/c1-13(2)3-4-5(8)11-7(10)12-6(4)9/h3H2,1-2H3,(H6,8,9,10,11,12). The predicted octanol–water partition coefficient (Wildman–Crippen LogP) is -0.715. The number of nitrogen functional groups attached to an aromatic ring is 3. The Kier molecular flexibility index (Phi) is 2.52. The summed E-state index contributed by atoms with van der Waals surface area (Å²) >= 11 is 0. The van der Waals surface area contributed by atoms with Crippen LogP contribution in [-0.4, -0.2) is 29.0 Å². The molecule has 6 heteroatoms. The van der Waals surface area contributed by atoms with Crippen molar-refractivity contribution < 1.29 is 0 Å². The summed E-state index contributed by atoms with van der Waals surface area (Å²) in [4.78, 5) is 9.58. The van der Waals surface area contributed by atoms with Gasteiger partial charge >= 0.3 is 0 Å². The molecule has 0 radical (unpaired) electrons. The van der Waals surface area contributed by atoms with Crippen molar-refractivity contribution in [1.82, 2.24) is 14.9 Å². The van der Waals surface area contributed by atoms with Crippen molar-refractivity contribution in [3.8, 4) is 0 Å². The number of rotatable bonds is 2. The van der Waals surface area contributed by atoms with Crippen LogP contribution in [0.3, 0.4) is 0 Å². The third-order valence-electron chi connectivity index (χ3n) is 1.56. The van der Waals surface area contributed by atoms with Crippen LogP contribution in [0.25, 0.3) is 0 Å². The molecule has 0 spiro atoms. The highest BCUT2D eigenvalue weighted by molar-refractivity contribution is 5.55. The lowest BCUT2D eigenvalue weighted by molar-refractivity contribution is 0.403. The molecule has 0 saturated carbocycles. The van der Waals surface area contributed by atoms with Gasteiger partial charge in [0, 0.05) is 6.54 Å². The first-order chi connectivity index (χ1) is 6.00. The lowest BCUT2D eigenvalue weighted by Gasteiger charge is -2.12. The molecule has 0 bridgehead atoms. The van der Waals surface area contributed by atoms with Crippen molar-refractivity contribution in [1.29, 1.82) is 0 Å². The monoisotopic (exact) mass is 182 g/mol. The van der Waals surface area contributed by atoms with Crippen LogP contribution in [-0.2, 0) is 6.54 Å². The number of hydrogen-bond acceptors (Lipinski definition) is 6. The molecule has 72 valence electrons. The molecule has 0 aliphatic heterocycles. The molecule has 1 aromatic rings. The van der Waals surface area contributed by atoms with Gasteiger partial charge in [-0.15, -0.1) is 0 Å². The lowest BCUT2D eigenvalue weighted by Crippen LogP contribution is -2.16. The maximum Gasteiger partial charge on any atom is 0.223 e. The third kappa shape index (κ3) is 2.19. The number of anilines is 3. The molecule has 6 nitrogen and oxygen atoms in total. The SMILES string of the molecule is CN(C)Cc1c(N)nc(N)nc1N. The van der Waals surface area contributed by atoms with Gasteiger partial charge in [-0.1, -0.05) is 0 Å². The van der Waals surface area contributed by atoms with Crippen molar-refractivity contribution in [2.75, 3.05) is 31.3 Å². The third-order valence-corrected chi connectivity index (χ3v) is 1.56. The summed E-state index contributed by atoms with van der Waals surface area (Å²) in [5, 5.41) is 0. The summed E-state index contributed by atoms with van der Waals surface area (Å²) in [5.41, 5.74) is 17.4. The molecule has 0 fully saturated rings. The second kappa shape index (κ2) is 3.44. The van der Waals surface area contributed by atoms with E-state index in [4.69, 9.17) is 17.2 Å². The Morgan fingerprint density at radius 2 is 1.54 bits per heavy atom. The minimum atomic E-state index is 0.109. The summed E-state index contributed by atoms with van der Waals surface area (Å²) in [6.07, 6.45) is 0. The van der Waals surface area contributed by atoms with E-state index in [1.807, 2.05) is 19.0 Å². The van der Waals surface area contributed by atoms with Gasteiger partial charge < -0.3 is 22.1 Å². The largest absolute Gasteiger partial charge is 0.383 e. The van der Waals surface area contributed by atoms with E-state index in [1.54, 1.807) is 0 Å². The number of nitrogens with two attached hydrogens (primary N) is 3. The van der Waals surface area contributed by atoms with Crippen molar-refractivity contribution >= 4 is 17.6 Å². The Morgan fingerprint density at radius 1 is 1.08 bits per heavy atom. The molecular weight excluding hydrogens is 168 g/mol. The molecular formula is C7H14N6. The van der Waals surface area contributed by atoms with E-state index in [0.29, 0.717) is 18.2 Å². The van der Waals surface area contributed by atoms with Crippen LogP contribution in [0.4, 0.5) is 17.6 Å². The topological polar surface area (TPSA) is 107 Å². The highest BCUT2D eigenvalue weighted by Crippen LogP contribution is 2.17. The van der Waals surface area contributed by atoms with Crippen LogP contribution >= 0.6 is 0 Å². The van der Waals surface area contributed by atoms with Crippen LogP contribution in [0, 0.1) is 0 Å². The molecule has 6 N–H and O–H groups in total. The highest BCUT2D eigenvalue weighted by atomic mass is 15.1. The van der Waals surface area contributed by atoms with Crippen LogP contribution in [0.15, 0.2) is 0 Å². The van der Waals surface area contributed by atoms with Gasteiger partial charge in [-0.25, -0.2) is 0 Å². The molecule has 1 heterocycles. The van der Waals surface area contributed by atoms with E-state index in [9.17, 15) is 0 Å². The van der Waals surface area contributed by atoms with E-state index < -0.39 is 0 Å². The minimum absolute atomic E-state index is 0.109. The zero-order valence-corrected chi connectivity index (χ0v) is 7.78. The molecule has 0 unspecified atom stereocenters. The fraction of sp³-hybridized carbons (Fsp3) is 0.429. The highest BCUT2D eigenvalue weighted by Gasteiger charge is 2.08. The number of nitrogens with zero attached hydrogens (tertiary/aromatic N) is 3. The van der Waals surface area contributed by atoms with Gasteiger partial charge in [0.1, 0.15) is 11.6 Å². The molecule has 0 saturated heterocycles. The summed E-state index contributed by atoms with van der Waals surface area (Å²) in [6.45, 7) is 0.609. The number of aromatic nitrogens is 2. The maximum atomic E-state index is 5.63. The molecule has 0 aliphatic carbocycles. The van der Waals surface area contributed by atoms with E-state index in [2.05, 4.69) is 9.97 Å². The first kappa shape index (κ1) is 9.53. The van der Waals surface area contributed by atoms with E-state index in [0.717, 1.165) is 5.56 Å². The van der Waals surface area contributed by atoms with Crippen molar-refractivity contribution in [3.05, 3.63) is 5.56 Å². The van der Waals surface area contributed by atoms with Crippen LogP contribution in [0.2, 0.25) is 0 Å². The van der Waals surface area contributed by atoms with Gasteiger partial charge in [-0.05, 0) is 14.1 Å². The van der Waals surface area contributed by atoms with E-state index in [-0.39, 0.29) is 5.95 Å². The Hall–Kier alpha value is -1.56. The fourth-order valence-corrected chi connectivity index (χ4v) is 1.02. The Morgan fingerprint density at radius 3 is 1.92 bits per heavy atom. The zero-order chi connectivity index (χ0) is 10.0. The van der Waals surface area contributed by atoms with Crippen molar-refractivity contribution in [2.45, 2.75) is 6.54 Å². The molecule has 1 aromatic heterocycles. The van der Waals surface area contributed by atoms with Crippen molar-refractivity contribution in [3.63, 3.8) is 0 Å². The van der Waals surface area contributed by atoms with Crippen LogP contribution < -0.4 is 17.2 Å². The van der Waals surface area contributed by atoms with Gasteiger partial charge in [0.25, 0.3) is 0 Å². The van der Waals surface area contributed by atoms with E-state index >= 15 is 0 Å². The van der Waals surface area contributed by atoms with E-state index in [1.165, 1.54) is 0 Å². The minimum Gasteiger partial charge on any atom is -0.383 e. The predicted molar refractivity (Wildman–Crippen MR) is 52.7 cm³/mol. The van der Waals surface area contributed by atoms with Crippen molar-refractivity contribution in [2.24, 2.45) is 0 Å². The first-order valence-corrected chi connectivity index (χ1v) is 3.82. The second-order valence-electron chi connectivity index (χ2n) is 3.07. The normalized spacial score (nSPS) is 10.7. The fourth-order valence-electron chi connectivity index (χ4n) is 1.02. The summed E-state index contributed by atoms with van der Waals surface area (Å²) in [7, 11) is 3.82. The molecule has 0 amide bonds. The van der Waals surface area contributed by atoms with Crippen LogP contribution in [0.1, 0.15) is 5.56 Å². The average molecular weight is 182 g/mol. The maximum absolute atomic E-state index is 5.63. The van der Waals surface area contributed by atoms with Gasteiger partial charge in [-0.3, -0.25) is 0 Å². The second-order valence-corrected chi connectivity index (χ2v) is 3.07. The molecule has 0 atom stereocenters. The molecule has 1 rings (SSSR count). The summed E-state index contributed by atoms with van der Waals surface area (Å²) < 4.78 is 0. The quantitative estimate of drug-likeness (QED) is 0.557. The zero-order valence-electron chi connectivity index (χ0n) is 7.78. The Labute approximate surface area is 76.7 Å². The van der Waals surface area contributed by atoms with Gasteiger partial charge in [0.05, 0.1) is 5.56 Å². The summed E-state index contributed by atoms with van der Waals surface area (Å²) in [5.74, 6) is 0.801. The molecule has 0 aromatic carbocycles. The average Bonchev–Trinajstić information content (AvgIpc) is 1.96. The van der Waals surface area contributed by atoms with Gasteiger partial charge in [0.2, 0.25) is 5.95 Å². The Balaban J connectivity index is 3.06. The lowest BCUT2D eigenvalue weighted by atomic mass is 10.2. The van der Waals surface area contributed by atoms with Crippen LogP contribution in [0.5, 0.6) is 0 Å². The Bertz CT molecular complexity index is 285. The first-order valence-electron chi connectivity index (χ1n) is 3.82. The molecule has 0 aliphatic rings. The smallest absolute Gasteiger partial charge is 0.223 e. The molecule has 13 heavy (non-hydrogen) atoms. The van der Waals surface area contributed by atoms with Gasteiger partial charge in [0.15, 0.2) is 0 Å². The summed E-state index contributed by atoms with van der Waals surface area (Å²) in [6, 6.07) is 0.